The number of piperidine rings is 1. The fourth-order valence-electron chi connectivity index (χ4n) is 3.72. The number of amides is 3. The highest BCUT2D eigenvalue weighted by Gasteiger charge is 2.31. The monoisotopic (exact) mass is 345 g/mol. The van der Waals surface area contributed by atoms with Gasteiger partial charge in [-0.2, -0.15) is 0 Å². The van der Waals surface area contributed by atoms with E-state index in [1.807, 2.05) is 17.0 Å². The molecule has 0 spiro atoms. The van der Waals surface area contributed by atoms with Gasteiger partial charge in [-0.15, -0.1) is 0 Å². The van der Waals surface area contributed by atoms with Gasteiger partial charge in [0.2, 0.25) is 5.91 Å². The predicted octanol–water partition coefficient (Wildman–Crippen LogP) is 1.14. The molecule has 1 aromatic rings. The van der Waals surface area contributed by atoms with Crippen molar-refractivity contribution in [3.8, 4) is 0 Å². The number of aromatic nitrogens is 1. The summed E-state index contributed by atoms with van der Waals surface area (Å²) >= 11 is 0. The molecule has 0 saturated carbocycles. The summed E-state index contributed by atoms with van der Waals surface area (Å²) in [6.07, 6.45) is 7.37. The number of rotatable bonds is 4. The third-order valence-electron chi connectivity index (χ3n) is 5.17. The Morgan fingerprint density at radius 3 is 2.56 bits per heavy atom. The van der Waals surface area contributed by atoms with E-state index in [0.717, 1.165) is 50.9 Å². The van der Waals surface area contributed by atoms with Gasteiger partial charge in [-0.1, -0.05) is 0 Å². The number of carbonyl (C=O) groups is 2. The quantitative estimate of drug-likeness (QED) is 0.858. The van der Waals surface area contributed by atoms with Crippen LogP contribution < -0.4 is 10.6 Å². The molecule has 0 radical (unpaired) electrons. The van der Waals surface area contributed by atoms with Crippen LogP contribution in [0.5, 0.6) is 0 Å². The van der Waals surface area contributed by atoms with Gasteiger partial charge in [0.05, 0.1) is 12.6 Å². The largest absolute Gasteiger partial charge is 0.358 e. The fourth-order valence-corrected chi connectivity index (χ4v) is 3.72. The highest BCUT2D eigenvalue weighted by molar-refractivity contribution is 5.77. The van der Waals surface area contributed by atoms with Crippen LogP contribution in [0.2, 0.25) is 0 Å². The number of likely N-dealkylation sites (N-methyl/N-ethyl adjacent to an activating group) is 1. The van der Waals surface area contributed by atoms with Crippen molar-refractivity contribution in [2.24, 2.45) is 0 Å². The molecule has 3 amide bonds. The molecule has 2 fully saturated rings. The summed E-state index contributed by atoms with van der Waals surface area (Å²) in [5, 5.41) is 5.84. The zero-order chi connectivity index (χ0) is 17.6. The zero-order valence-electron chi connectivity index (χ0n) is 14.8. The molecule has 2 N–H and O–H groups in total. The third kappa shape index (κ3) is 4.48. The second-order valence-corrected chi connectivity index (χ2v) is 6.81. The zero-order valence-corrected chi connectivity index (χ0v) is 14.8. The molecular formula is C18H27N5O2. The number of nitrogens with one attached hydrogen (secondary N) is 2. The van der Waals surface area contributed by atoms with E-state index in [4.69, 9.17) is 0 Å². The van der Waals surface area contributed by atoms with E-state index in [1.54, 1.807) is 19.4 Å². The molecule has 3 rings (SSSR count). The van der Waals surface area contributed by atoms with Crippen LogP contribution in [0.1, 0.15) is 37.3 Å². The van der Waals surface area contributed by atoms with E-state index in [-0.39, 0.29) is 24.0 Å². The van der Waals surface area contributed by atoms with E-state index >= 15 is 0 Å². The predicted molar refractivity (Wildman–Crippen MR) is 95.0 cm³/mol. The van der Waals surface area contributed by atoms with Crippen LogP contribution in [0.3, 0.4) is 0 Å². The highest BCUT2D eigenvalue weighted by Crippen LogP contribution is 2.31. The van der Waals surface area contributed by atoms with Crippen LogP contribution in [0.25, 0.3) is 0 Å². The van der Waals surface area contributed by atoms with Gasteiger partial charge in [0.25, 0.3) is 0 Å². The normalized spacial score (nSPS) is 22.0. The summed E-state index contributed by atoms with van der Waals surface area (Å²) < 4.78 is 0. The maximum Gasteiger partial charge on any atom is 0.318 e. The van der Waals surface area contributed by atoms with E-state index in [2.05, 4.69) is 20.5 Å². The smallest absolute Gasteiger partial charge is 0.318 e. The van der Waals surface area contributed by atoms with Gasteiger partial charge in [-0.3, -0.25) is 14.7 Å². The van der Waals surface area contributed by atoms with Gasteiger partial charge < -0.3 is 15.5 Å². The van der Waals surface area contributed by atoms with Gasteiger partial charge in [-0.25, -0.2) is 4.79 Å². The number of likely N-dealkylation sites (tertiary alicyclic amines) is 2. The second-order valence-electron chi connectivity index (χ2n) is 6.81. The number of hydrogen-bond donors (Lipinski definition) is 2. The lowest BCUT2D eigenvalue weighted by molar-refractivity contribution is -0.122. The summed E-state index contributed by atoms with van der Waals surface area (Å²) in [5.41, 5.74) is 1.16. The molecule has 2 saturated heterocycles. The molecule has 25 heavy (non-hydrogen) atoms. The maximum atomic E-state index is 12.7. The Morgan fingerprint density at radius 1 is 1.16 bits per heavy atom. The van der Waals surface area contributed by atoms with Crippen LogP contribution >= 0.6 is 0 Å². The van der Waals surface area contributed by atoms with Gasteiger partial charge in [0.1, 0.15) is 0 Å². The van der Waals surface area contributed by atoms with Crippen LogP contribution in [0.15, 0.2) is 24.5 Å². The summed E-state index contributed by atoms with van der Waals surface area (Å²) in [6.45, 7) is 2.92. The molecule has 7 heteroatoms. The van der Waals surface area contributed by atoms with Crippen molar-refractivity contribution in [2.45, 2.75) is 37.8 Å². The van der Waals surface area contributed by atoms with Crippen molar-refractivity contribution in [3.05, 3.63) is 30.1 Å². The molecule has 0 bridgehead atoms. The molecule has 3 heterocycles. The SMILES string of the molecule is CNC(=O)CN1CCC(NC(=O)N2CCC[C@H]2c2ccncc2)CC1. The summed E-state index contributed by atoms with van der Waals surface area (Å²) in [7, 11) is 1.66. The van der Waals surface area contributed by atoms with Crippen molar-refractivity contribution in [3.63, 3.8) is 0 Å². The third-order valence-corrected chi connectivity index (χ3v) is 5.17. The summed E-state index contributed by atoms with van der Waals surface area (Å²) in [5.74, 6) is 0.0414. The lowest BCUT2D eigenvalue weighted by Crippen LogP contribution is -2.50. The first-order valence-corrected chi connectivity index (χ1v) is 9.07. The summed E-state index contributed by atoms with van der Waals surface area (Å²) in [4.78, 5) is 32.3. The lowest BCUT2D eigenvalue weighted by Gasteiger charge is -2.33. The Labute approximate surface area is 148 Å². The molecular weight excluding hydrogens is 318 g/mol. The van der Waals surface area contributed by atoms with Crippen molar-refractivity contribution in [2.75, 3.05) is 33.2 Å². The minimum absolute atomic E-state index is 0.0315. The van der Waals surface area contributed by atoms with Crippen molar-refractivity contribution in [1.29, 1.82) is 0 Å². The van der Waals surface area contributed by atoms with Crippen LogP contribution in [-0.4, -0.2) is 66.0 Å². The maximum absolute atomic E-state index is 12.7. The van der Waals surface area contributed by atoms with Crippen molar-refractivity contribution in [1.82, 2.24) is 25.4 Å². The van der Waals surface area contributed by atoms with E-state index in [9.17, 15) is 9.59 Å². The fraction of sp³-hybridized carbons (Fsp3) is 0.611. The number of nitrogens with zero attached hydrogens (tertiary/aromatic N) is 3. The van der Waals surface area contributed by atoms with Crippen LogP contribution in [0, 0.1) is 0 Å². The Bertz CT molecular complexity index is 586. The van der Waals surface area contributed by atoms with E-state index in [1.165, 1.54) is 0 Å². The van der Waals surface area contributed by atoms with Crippen molar-refractivity contribution < 1.29 is 9.59 Å². The number of carbonyl (C=O) groups excluding carboxylic acids is 2. The Morgan fingerprint density at radius 2 is 1.88 bits per heavy atom. The molecule has 136 valence electrons. The average Bonchev–Trinajstić information content (AvgIpc) is 3.14. The average molecular weight is 345 g/mol. The Balaban J connectivity index is 1.50. The molecule has 2 aliphatic heterocycles. The minimum atomic E-state index is 0.0315. The first kappa shape index (κ1) is 17.7. The molecule has 1 aromatic heterocycles. The highest BCUT2D eigenvalue weighted by atomic mass is 16.2. The first-order chi connectivity index (χ1) is 12.2. The molecule has 0 unspecified atom stereocenters. The van der Waals surface area contributed by atoms with Gasteiger partial charge in [-0.05, 0) is 43.4 Å². The molecule has 7 nitrogen and oxygen atoms in total. The van der Waals surface area contributed by atoms with Gasteiger partial charge in [0.15, 0.2) is 0 Å². The van der Waals surface area contributed by atoms with E-state index < -0.39 is 0 Å². The molecule has 2 aliphatic rings. The molecule has 1 atom stereocenters. The molecule has 0 aromatic carbocycles. The standard InChI is InChI=1S/C18H27N5O2/c1-19-17(24)13-22-11-6-15(7-12-22)21-18(25)23-10-2-3-16(23)14-4-8-20-9-5-14/h4-5,8-9,15-16H,2-3,6-7,10-13H2,1H3,(H,19,24)(H,21,25)/t16-/m0/s1. The van der Waals surface area contributed by atoms with Gasteiger partial charge >= 0.3 is 6.03 Å². The second kappa shape index (κ2) is 8.29. The summed E-state index contributed by atoms with van der Waals surface area (Å²) in [6, 6.07) is 4.36. The Hall–Kier alpha value is -2.15. The topological polar surface area (TPSA) is 77.6 Å². The van der Waals surface area contributed by atoms with Crippen molar-refractivity contribution >= 4 is 11.9 Å². The Kier molecular flexibility index (Phi) is 5.86. The number of pyridine rings is 1. The van der Waals surface area contributed by atoms with E-state index in [0.29, 0.717) is 6.54 Å². The van der Waals surface area contributed by atoms with Crippen LogP contribution in [0.4, 0.5) is 4.79 Å². The van der Waals surface area contributed by atoms with Crippen LogP contribution in [-0.2, 0) is 4.79 Å². The number of hydrogen-bond acceptors (Lipinski definition) is 4. The van der Waals surface area contributed by atoms with Gasteiger partial charge in [0, 0.05) is 45.1 Å². The minimum Gasteiger partial charge on any atom is -0.358 e. The lowest BCUT2D eigenvalue weighted by atomic mass is 10.0. The molecule has 0 aliphatic carbocycles. The first-order valence-electron chi connectivity index (χ1n) is 9.07. The number of urea groups is 1.